The molecule has 0 aliphatic heterocycles. The van der Waals surface area contributed by atoms with Crippen molar-refractivity contribution in [2.24, 2.45) is 0 Å². The maximum Gasteiger partial charge on any atom is 0.302 e. The Labute approximate surface area is 140 Å². The Morgan fingerprint density at radius 1 is 1.04 bits per heavy atom. The van der Waals surface area contributed by atoms with E-state index in [1.165, 1.54) is 15.9 Å². The predicted molar refractivity (Wildman–Crippen MR) is 92.2 cm³/mol. The van der Waals surface area contributed by atoms with Gasteiger partial charge in [-0.15, -0.1) is 10.2 Å². The van der Waals surface area contributed by atoms with Gasteiger partial charge in [0.1, 0.15) is 5.75 Å². The number of fused-ring (bicyclic) bond motifs is 1. The van der Waals surface area contributed by atoms with Crippen molar-refractivity contribution in [3.63, 3.8) is 0 Å². The van der Waals surface area contributed by atoms with E-state index in [0.717, 1.165) is 5.56 Å². The van der Waals surface area contributed by atoms with E-state index in [1.54, 1.807) is 24.3 Å². The maximum absolute atomic E-state index is 12.7. The van der Waals surface area contributed by atoms with Crippen molar-refractivity contribution in [2.75, 3.05) is 0 Å². The van der Waals surface area contributed by atoms with E-state index in [9.17, 15) is 9.90 Å². The van der Waals surface area contributed by atoms with Crippen molar-refractivity contribution in [2.45, 2.75) is 6.92 Å². The first-order chi connectivity index (χ1) is 11.6. The molecule has 0 aliphatic carbocycles. The molecule has 4 rings (SSSR count). The average molecular weight is 336 g/mol. The van der Waals surface area contributed by atoms with Gasteiger partial charge in [-0.05, 0) is 19.1 Å². The van der Waals surface area contributed by atoms with E-state index in [4.69, 9.17) is 0 Å². The van der Waals surface area contributed by atoms with Gasteiger partial charge in [0.25, 0.3) is 0 Å². The standard InChI is InChI=1S/C17H12N4O2S/c1-10-6-8-11(9-7-10)14-16(23)21-17(19-18-14)24-15(20-21)12-4-2-3-5-13(12)22/h2-9,22H,1H3. The number of aryl methyl sites for hydroxylation is 1. The van der Waals surface area contributed by atoms with Crippen LogP contribution in [0.15, 0.2) is 53.3 Å². The van der Waals surface area contributed by atoms with Gasteiger partial charge in [-0.25, -0.2) is 0 Å². The minimum Gasteiger partial charge on any atom is -0.507 e. The highest BCUT2D eigenvalue weighted by molar-refractivity contribution is 7.19. The van der Waals surface area contributed by atoms with E-state index >= 15 is 0 Å². The van der Waals surface area contributed by atoms with Gasteiger partial charge in [-0.3, -0.25) is 4.79 Å². The fraction of sp³-hybridized carbons (Fsp3) is 0.0588. The average Bonchev–Trinajstić information content (AvgIpc) is 3.02. The van der Waals surface area contributed by atoms with Crippen LogP contribution in [0.4, 0.5) is 0 Å². The summed E-state index contributed by atoms with van der Waals surface area (Å²) in [6.45, 7) is 1.98. The largest absolute Gasteiger partial charge is 0.507 e. The van der Waals surface area contributed by atoms with Crippen LogP contribution in [0.2, 0.25) is 0 Å². The van der Waals surface area contributed by atoms with Gasteiger partial charge in [0.2, 0.25) is 4.96 Å². The molecule has 2 aromatic carbocycles. The second-order valence-electron chi connectivity index (χ2n) is 5.34. The smallest absolute Gasteiger partial charge is 0.302 e. The topological polar surface area (TPSA) is 80.4 Å². The van der Waals surface area contributed by atoms with Crippen molar-refractivity contribution in [3.05, 3.63) is 64.4 Å². The van der Waals surface area contributed by atoms with Crippen LogP contribution in [0.25, 0.3) is 26.8 Å². The summed E-state index contributed by atoms with van der Waals surface area (Å²) in [5.74, 6) is 0.108. The summed E-state index contributed by atoms with van der Waals surface area (Å²) in [6.07, 6.45) is 0. The molecule has 4 aromatic rings. The zero-order chi connectivity index (χ0) is 16.7. The third kappa shape index (κ3) is 2.35. The molecule has 1 N–H and O–H groups in total. The number of benzene rings is 2. The number of phenols is 1. The van der Waals surface area contributed by atoms with E-state index in [-0.39, 0.29) is 17.0 Å². The fourth-order valence-electron chi connectivity index (χ4n) is 2.37. The molecular weight excluding hydrogens is 324 g/mol. The SMILES string of the molecule is Cc1ccc(-c2nnc3sc(-c4ccccc4O)nn3c2=O)cc1. The van der Waals surface area contributed by atoms with Crippen LogP contribution >= 0.6 is 11.3 Å². The summed E-state index contributed by atoms with van der Waals surface area (Å²) in [7, 11) is 0. The molecule has 24 heavy (non-hydrogen) atoms. The Kier molecular flexibility index (Phi) is 3.35. The lowest BCUT2D eigenvalue weighted by Crippen LogP contribution is -2.19. The van der Waals surface area contributed by atoms with Gasteiger partial charge in [0.05, 0.1) is 5.56 Å². The third-order valence-corrected chi connectivity index (χ3v) is 4.58. The predicted octanol–water partition coefficient (Wildman–Crippen LogP) is 2.89. The molecule has 0 atom stereocenters. The van der Waals surface area contributed by atoms with Gasteiger partial charge in [0, 0.05) is 5.56 Å². The van der Waals surface area contributed by atoms with Crippen molar-refractivity contribution in [1.29, 1.82) is 0 Å². The summed E-state index contributed by atoms with van der Waals surface area (Å²) in [5, 5.41) is 22.9. The van der Waals surface area contributed by atoms with Crippen molar-refractivity contribution in [1.82, 2.24) is 19.8 Å². The van der Waals surface area contributed by atoms with Crippen molar-refractivity contribution >= 4 is 16.3 Å². The molecule has 0 saturated heterocycles. The van der Waals surface area contributed by atoms with Crippen LogP contribution in [0.5, 0.6) is 5.75 Å². The molecule has 0 spiro atoms. The van der Waals surface area contributed by atoms with E-state index in [0.29, 0.717) is 21.1 Å². The van der Waals surface area contributed by atoms with E-state index < -0.39 is 0 Å². The normalized spacial score (nSPS) is 11.0. The minimum atomic E-state index is -0.332. The third-order valence-electron chi connectivity index (χ3n) is 3.65. The Balaban J connectivity index is 1.90. The lowest BCUT2D eigenvalue weighted by molar-refractivity contribution is 0.477. The van der Waals surface area contributed by atoms with Crippen LogP contribution in [-0.4, -0.2) is 24.9 Å². The van der Waals surface area contributed by atoms with Crippen molar-refractivity contribution in [3.8, 4) is 27.6 Å². The summed E-state index contributed by atoms with van der Waals surface area (Å²) in [4.78, 5) is 13.1. The molecule has 0 radical (unpaired) electrons. The number of nitrogens with zero attached hydrogens (tertiary/aromatic N) is 4. The maximum atomic E-state index is 12.7. The fourth-order valence-corrected chi connectivity index (χ4v) is 3.24. The number of para-hydroxylation sites is 1. The number of rotatable bonds is 2. The lowest BCUT2D eigenvalue weighted by Gasteiger charge is -1.99. The second-order valence-corrected chi connectivity index (χ2v) is 6.29. The number of hydrogen-bond donors (Lipinski definition) is 1. The molecule has 0 unspecified atom stereocenters. The first kappa shape index (κ1) is 14.5. The van der Waals surface area contributed by atoms with E-state index in [2.05, 4.69) is 15.3 Å². The van der Waals surface area contributed by atoms with Crippen LogP contribution in [-0.2, 0) is 0 Å². The van der Waals surface area contributed by atoms with Crippen LogP contribution in [0, 0.1) is 6.92 Å². The molecule has 0 amide bonds. The number of phenolic OH excluding ortho intramolecular Hbond substituents is 1. The Hall–Kier alpha value is -3.06. The quantitative estimate of drug-likeness (QED) is 0.609. The molecule has 6 nitrogen and oxygen atoms in total. The monoisotopic (exact) mass is 336 g/mol. The zero-order valence-electron chi connectivity index (χ0n) is 12.7. The molecule has 2 aromatic heterocycles. The van der Waals surface area contributed by atoms with Crippen LogP contribution < -0.4 is 5.56 Å². The molecule has 118 valence electrons. The molecule has 0 bridgehead atoms. The second kappa shape index (κ2) is 5.54. The van der Waals surface area contributed by atoms with Gasteiger partial charge in [0.15, 0.2) is 10.7 Å². The van der Waals surface area contributed by atoms with Gasteiger partial charge in [-0.2, -0.15) is 9.61 Å². The first-order valence-corrected chi connectivity index (χ1v) is 8.07. The molecule has 0 fully saturated rings. The molecule has 7 heteroatoms. The highest BCUT2D eigenvalue weighted by Crippen LogP contribution is 2.31. The summed E-state index contributed by atoms with van der Waals surface area (Å²) in [5.41, 5.74) is 2.28. The number of aromatic hydroxyl groups is 1. The summed E-state index contributed by atoms with van der Waals surface area (Å²) < 4.78 is 1.23. The Bertz CT molecular complexity index is 1100. The number of aromatic nitrogens is 4. The summed E-state index contributed by atoms with van der Waals surface area (Å²) >= 11 is 1.20. The molecule has 0 aliphatic rings. The number of hydrogen-bond acceptors (Lipinski definition) is 6. The first-order valence-electron chi connectivity index (χ1n) is 7.25. The molecule has 0 saturated carbocycles. The van der Waals surface area contributed by atoms with Gasteiger partial charge < -0.3 is 5.11 Å². The molecule has 2 heterocycles. The summed E-state index contributed by atoms with van der Waals surface area (Å²) in [6, 6.07) is 14.4. The zero-order valence-corrected chi connectivity index (χ0v) is 13.5. The highest BCUT2D eigenvalue weighted by atomic mass is 32.1. The van der Waals surface area contributed by atoms with Gasteiger partial charge in [-0.1, -0.05) is 53.3 Å². The van der Waals surface area contributed by atoms with E-state index in [1.807, 2.05) is 31.2 Å². The Morgan fingerprint density at radius 3 is 2.54 bits per heavy atom. The highest BCUT2D eigenvalue weighted by Gasteiger charge is 2.15. The van der Waals surface area contributed by atoms with Crippen molar-refractivity contribution < 1.29 is 5.11 Å². The van der Waals surface area contributed by atoms with Crippen LogP contribution in [0.3, 0.4) is 0 Å². The Morgan fingerprint density at radius 2 is 1.79 bits per heavy atom. The lowest BCUT2D eigenvalue weighted by atomic mass is 10.1. The van der Waals surface area contributed by atoms with Gasteiger partial charge >= 0.3 is 5.56 Å². The molecular formula is C17H12N4O2S. The van der Waals surface area contributed by atoms with Crippen LogP contribution in [0.1, 0.15) is 5.56 Å². The minimum absolute atomic E-state index is 0.108.